The molecule has 0 aliphatic heterocycles. The van der Waals surface area contributed by atoms with E-state index in [4.69, 9.17) is 0 Å². The lowest BCUT2D eigenvalue weighted by atomic mass is 10.1. The molecule has 0 saturated carbocycles. The van der Waals surface area contributed by atoms with Gasteiger partial charge in [0.1, 0.15) is 11.6 Å². The fourth-order valence-corrected chi connectivity index (χ4v) is 3.10. The highest BCUT2D eigenvalue weighted by atomic mass is 32.2. The molecule has 1 heterocycles. The molecule has 0 amide bonds. The molecule has 3 rings (SSSR count). The summed E-state index contributed by atoms with van der Waals surface area (Å²) in [5.74, 6) is 0.337. The van der Waals surface area contributed by atoms with Crippen LogP contribution in [0.25, 0.3) is 11.4 Å². The van der Waals surface area contributed by atoms with E-state index in [1.807, 2.05) is 7.05 Å². The lowest BCUT2D eigenvalue weighted by molar-refractivity contribution is 0.204. The van der Waals surface area contributed by atoms with Crippen molar-refractivity contribution in [3.05, 3.63) is 65.7 Å². The molecule has 0 aliphatic rings. The van der Waals surface area contributed by atoms with E-state index in [1.165, 1.54) is 36.0 Å². The number of aromatic nitrogens is 3. The summed E-state index contributed by atoms with van der Waals surface area (Å²) in [5.41, 5.74) is 1.40. The van der Waals surface area contributed by atoms with E-state index in [2.05, 4.69) is 10.2 Å². The monoisotopic (exact) mass is 347 g/mol. The van der Waals surface area contributed by atoms with Crippen LogP contribution in [0, 0.1) is 11.6 Å². The lowest BCUT2D eigenvalue weighted by Gasteiger charge is -2.10. The molecule has 0 spiro atoms. The van der Waals surface area contributed by atoms with Gasteiger partial charge in [-0.2, -0.15) is 0 Å². The van der Waals surface area contributed by atoms with Gasteiger partial charge in [0.2, 0.25) is 0 Å². The zero-order chi connectivity index (χ0) is 17.1. The Morgan fingerprint density at radius 1 is 1.00 bits per heavy atom. The van der Waals surface area contributed by atoms with Crippen molar-refractivity contribution in [1.82, 2.24) is 14.8 Å². The Kier molecular flexibility index (Phi) is 4.92. The van der Waals surface area contributed by atoms with E-state index in [0.29, 0.717) is 22.3 Å². The molecule has 0 aliphatic carbocycles. The van der Waals surface area contributed by atoms with Crippen LogP contribution in [0.2, 0.25) is 0 Å². The average molecular weight is 347 g/mol. The quantitative estimate of drug-likeness (QED) is 0.717. The summed E-state index contributed by atoms with van der Waals surface area (Å²) >= 11 is 1.34. The van der Waals surface area contributed by atoms with E-state index >= 15 is 0 Å². The molecule has 1 aromatic heterocycles. The van der Waals surface area contributed by atoms with Crippen molar-refractivity contribution in [2.24, 2.45) is 7.05 Å². The molecule has 0 fully saturated rings. The SMILES string of the molecule is Cn1c(SCC(O)c2ccc(F)cc2)nnc1-c1ccc(F)cc1. The molecule has 4 nitrogen and oxygen atoms in total. The number of aliphatic hydroxyl groups excluding tert-OH is 1. The minimum absolute atomic E-state index is 0.307. The topological polar surface area (TPSA) is 50.9 Å². The van der Waals surface area contributed by atoms with Gasteiger partial charge in [-0.05, 0) is 42.0 Å². The molecular formula is C17H15F2N3OS. The van der Waals surface area contributed by atoms with E-state index in [9.17, 15) is 13.9 Å². The fraction of sp³-hybridized carbons (Fsp3) is 0.176. The van der Waals surface area contributed by atoms with Gasteiger partial charge in [-0.15, -0.1) is 10.2 Å². The van der Waals surface area contributed by atoms with Crippen molar-refractivity contribution in [2.75, 3.05) is 5.75 Å². The maximum Gasteiger partial charge on any atom is 0.191 e. The molecule has 1 N–H and O–H groups in total. The summed E-state index contributed by atoms with van der Waals surface area (Å²) in [6, 6.07) is 11.8. The Bertz CT molecular complexity index is 819. The number of nitrogens with zero attached hydrogens (tertiary/aromatic N) is 3. The molecular weight excluding hydrogens is 332 g/mol. The number of rotatable bonds is 5. The molecule has 0 bridgehead atoms. The van der Waals surface area contributed by atoms with Crippen molar-refractivity contribution in [3.63, 3.8) is 0 Å². The van der Waals surface area contributed by atoms with Crippen LogP contribution in [0.1, 0.15) is 11.7 Å². The minimum Gasteiger partial charge on any atom is -0.388 e. The maximum atomic E-state index is 13.0. The van der Waals surface area contributed by atoms with Gasteiger partial charge in [0.15, 0.2) is 11.0 Å². The Morgan fingerprint density at radius 3 is 2.21 bits per heavy atom. The van der Waals surface area contributed by atoms with Crippen molar-refractivity contribution in [1.29, 1.82) is 0 Å². The van der Waals surface area contributed by atoms with Crippen LogP contribution in [-0.2, 0) is 7.05 Å². The Morgan fingerprint density at radius 2 is 1.58 bits per heavy atom. The second-order valence-corrected chi connectivity index (χ2v) is 6.24. The predicted octanol–water partition coefficient (Wildman–Crippen LogP) is 3.59. The van der Waals surface area contributed by atoms with Gasteiger partial charge < -0.3 is 9.67 Å². The third-order valence-corrected chi connectivity index (χ3v) is 4.66. The molecule has 3 aromatic rings. The van der Waals surface area contributed by atoms with Crippen molar-refractivity contribution < 1.29 is 13.9 Å². The molecule has 1 unspecified atom stereocenters. The van der Waals surface area contributed by atoms with Crippen LogP contribution in [0.4, 0.5) is 8.78 Å². The zero-order valence-corrected chi connectivity index (χ0v) is 13.7. The van der Waals surface area contributed by atoms with Crippen LogP contribution < -0.4 is 0 Å². The van der Waals surface area contributed by atoms with Gasteiger partial charge in [-0.25, -0.2) is 8.78 Å². The van der Waals surface area contributed by atoms with Crippen molar-refractivity contribution in [3.8, 4) is 11.4 Å². The Balaban J connectivity index is 1.70. The zero-order valence-electron chi connectivity index (χ0n) is 12.9. The standard InChI is InChI=1S/C17H15F2N3OS/c1-22-16(12-4-8-14(19)9-5-12)20-21-17(22)24-10-15(23)11-2-6-13(18)7-3-11/h2-9,15,23H,10H2,1H3. The highest BCUT2D eigenvalue weighted by Crippen LogP contribution is 2.26. The number of thioether (sulfide) groups is 1. The van der Waals surface area contributed by atoms with Crippen LogP contribution >= 0.6 is 11.8 Å². The highest BCUT2D eigenvalue weighted by molar-refractivity contribution is 7.99. The molecule has 2 aromatic carbocycles. The van der Waals surface area contributed by atoms with Crippen LogP contribution in [0.5, 0.6) is 0 Å². The summed E-state index contributed by atoms with van der Waals surface area (Å²) in [6.07, 6.45) is -0.735. The minimum atomic E-state index is -0.735. The molecule has 0 saturated heterocycles. The Hall–Kier alpha value is -2.25. The fourth-order valence-electron chi connectivity index (χ4n) is 2.23. The van der Waals surface area contributed by atoms with E-state index in [-0.39, 0.29) is 11.6 Å². The lowest BCUT2D eigenvalue weighted by Crippen LogP contribution is -2.02. The number of halogens is 2. The summed E-state index contributed by atoms with van der Waals surface area (Å²) in [4.78, 5) is 0. The molecule has 1 atom stereocenters. The van der Waals surface area contributed by atoms with Gasteiger partial charge in [0.25, 0.3) is 0 Å². The molecule has 124 valence electrons. The van der Waals surface area contributed by atoms with Gasteiger partial charge >= 0.3 is 0 Å². The summed E-state index contributed by atoms with van der Waals surface area (Å²) < 4.78 is 27.7. The van der Waals surface area contributed by atoms with E-state index < -0.39 is 6.10 Å². The van der Waals surface area contributed by atoms with Crippen LogP contribution in [-0.4, -0.2) is 25.6 Å². The Labute approximate surface area is 142 Å². The second-order valence-electron chi connectivity index (χ2n) is 5.25. The number of hydrogen-bond donors (Lipinski definition) is 1. The first-order valence-electron chi connectivity index (χ1n) is 7.26. The predicted molar refractivity (Wildman–Crippen MR) is 88.5 cm³/mol. The van der Waals surface area contributed by atoms with Gasteiger partial charge in [-0.3, -0.25) is 0 Å². The van der Waals surface area contributed by atoms with Crippen LogP contribution in [0.15, 0.2) is 53.7 Å². The van der Waals surface area contributed by atoms with Gasteiger partial charge in [-0.1, -0.05) is 23.9 Å². The number of hydrogen-bond acceptors (Lipinski definition) is 4. The maximum absolute atomic E-state index is 13.0. The molecule has 0 radical (unpaired) electrons. The summed E-state index contributed by atoms with van der Waals surface area (Å²) in [6.45, 7) is 0. The molecule has 24 heavy (non-hydrogen) atoms. The van der Waals surface area contributed by atoms with Crippen LogP contribution in [0.3, 0.4) is 0 Å². The third kappa shape index (κ3) is 3.63. The normalized spacial score (nSPS) is 12.3. The summed E-state index contributed by atoms with van der Waals surface area (Å²) in [7, 11) is 1.81. The first-order valence-corrected chi connectivity index (χ1v) is 8.25. The average Bonchev–Trinajstić information content (AvgIpc) is 2.95. The summed E-state index contributed by atoms with van der Waals surface area (Å²) in [5, 5.41) is 19.0. The number of benzene rings is 2. The van der Waals surface area contributed by atoms with Crippen molar-refractivity contribution >= 4 is 11.8 Å². The van der Waals surface area contributed by atoms with Gasteiger partial charge in [0, 0.05) is 18.4 Å². The van der Waals surface area contributed by atoms with E-state index in [1.54, 1.807) is 28.8 Å². The van der Waals surface area contributed by atoms with E-state index in [0.717, 1.165) is 5.56 Å². The highest BCUT2D eigenvalue weighted by Gasteiger charge is 2.14. The first kappa shape index (κ1) is 16.6. The smallest absolute Gasteiger partial charge is 0.191 e. The largest absolute Gasteiger partial charge is 0.388 e. The van der Waals surface area contributed by atoms with Gasteiger partial charge in [0.05, 0.1) is 6.10 Å². The number of aliphatic hydroxyl groups is 1. The van der Waals surface area contributed by atoms with Crippen molar-refractivity contribution in [2.45, 2.75) is 11.3 Å². The molecule has 7 heteroatoms. The third-order valence-electron chi connectivity index (χ3n) is 3.56. The second kappa shape index (κ2) is 7.11. The first-order chi connectivity index (χ1) is 11.5.